The lowest BCUT2D eigenvalue weighted by Gasteiger charge is -2.36. The smallest absolute Gasteiger partial charge is 0.223 e. The molecule has 30 heavy (non-hydrogen) atoms. The third-order valence-electron chi connectivity index (χ3n) is 5.99. The van der Waals surface area contributed by atoms with E-state index in [4.69, 9.17) is 9.57 Å². The molecule has 2 aromatic rings. The molecule has 0 spiro atoms. The number of aromatic nitrogens is 1. The van der Waals surface area contributed by atoms with Crippen molar-refractivity contribution in [1.29, 1.82) is 0 Å². The second-order valence-corrected chi connectivity index (χ2v) is 8.23. The molecular weight excluding hydrogens is 376 g/mol. The number of ether oxygens (including phenoxy) is 1. The molecule has 0 saturated carbocycles. The number of nitrogens with one attached hydrogen (secondary N) is 1. The molecule has 0 radical (unpaired) electrons. The van der Waals surface area contributed by atoms with Crippen molar-refractivity contribution in [2.45, 2.75) is 13.0 Å². The highest BCUT2D eigenvalue weighted by Gasteiger charge is 2.34. The Labute approximate surface area is 177 Å². The molecule has 0 aliphatic carbocycles. The molecule has 0 amide bonds. The molecule has 5 rings (SSSR count). The van der Waals surface area contributed by atoms with Gasteiger partial charge in [-0.2, -0.15) is 0 Å². The third-order valence-corrected chi connectivity index (χ3v) is 5.99. The van der Waals surface area contributed by atoms with Gasteiger partial charge in [0, 0.05) is 51.0 Å². The van der Waals surface area contributed by atoms with Crippen LogP contribution in [0.25, 0.3) is 11.8 Å². The number of fused-ring (bicyclic) bond motifs is 2. The molecule has 1 aromatic heterocycles. The quantitative estimate of drug-likeness (QED) is 0.827. The second kappa shape index (κ2) is 8.60. The van der Waals surface area contributed by atoms with Crippen LogP contribution >= 0.6 is 0 Å². The number of piperazine rings is 1. The predicted molar refractivity (Wildman–Crippen MR) is 118 cm³/mol. The Kier molecular flexibility index (Phi) is 5.53. The first-order valence-corrected chi connectivity index (χ1v) is 10.7. The van der Waals surface area contributed by atoms with Crippen LogP contribution in [-0.4, -0.2) is 66.8 Å². The van der Waals surface area contributed by atoms with Crippen molar-refractivity contribution >= 4 is 11.8 Å². The Hall–Kier alpha value is -2.67. The van der Waals surface area contributed by atoms with Crippen LogP contribution in [0.2, 0.25) is 0 Å². The summed E-state index contributed by atoms with van der Waals surface area (Å²) in [5, 5.41) is 0. The second-order valence-electron chi connectivity index (χ2n) is 8.23. The maximum absolute atomic E-state index is 5.92. The molecule has 0 bridgehead atoms. The van der Waals surface area contributed by atoms with Crippen molar-refractivity contribution < 1.29 is 9.57 Å². The Morgan fingerprint density at radius 1 is 1.10 bits per heavy atom. The number of hydrogen-bond donors (Lipinski definition) is 1. The van der Waals surface area contributed by atoms with E-state index in [0.717, 1.165) is 50.5 Å². The summed E-state index contributed by atoms with van der Waals surface area (Å²) in [5.41, 5.74) is 9.03. The van der Waals surface area contributed by atoms with Gasteiger partial charge in [-0.3, -0.25) is 20.1 Å². The Morgan fingerprint density at radius 3 is 2.73 bits per heavy atom. The number of benzene rings is 1. The van der Waals surface area contributed by atoms with Gasteiger partial charge in [-0.1, -0.05) is 42.0 Å². The van der Waals surface area contributed by atoms with Crippen LogP contribution in [0.4, 0.5) is 0 Å². The van der Waals surface area contributed by atoms with Crippen LogP contribution in [-0.2, 0) is 4.84 Å². The van der Waals surface area contributed by atoms with Gasteiger partial charge < -0.3 is 4.74 Å². The van der Waals surface area contributed by atoms with Crippen molar-refractivity contribution in [3.05, 3.63) is 70.9 Å². The molecule has 3 aliphatic rings. The summed E-state index contributed by atoms with van der Waals surface area (Å²) in [4.78, 5) is 15.3. The lowest BCUT2D eigenvalue weighted by Crippen LogP contribution is -2.49. The number of hydrogen-bond acceptors (Lipinski definition) is 6. The minimum absolute atomic E-state index is 0.0274. The van der Waals surface area contributed by atoms with Gasteiger partial charge in [0.25, 0.3) is 0 Å². The van der Waals surface area contributed by atoms with Gasteiger partial charge in [-0.15, -0.1) is 0 Å². The first kappa shape index (κ1) is 19.3. The first-order valence-electron chi connectivity index (χ1n) is 10.7. The Morgan fingerprint density at radius 2 is 1.90 bits per heavy atom. The normalized spacial score (nSPS) is 22.3. The molecular formula is C24H28N4O2. The average Bonchev–Trinajstić information content (AvgIpc) is 3.19. The van der Waals surface area contributed by atoms with Crippen molar-refractivity contribution in [2.24, 2.45) is 0 Å². The van der Waals surface area contributed by atoms with Gasteiger partial charge >= 0.3 is 0 Å². The van der Waals surface area contributed by atoms with E-state index in [2.05, 4.69) is 63.6 Å². The zero-order valence-corrected chi connectivity index (χ0v) is 17.4. The molecule has 1 unspecified atom stereocenters. The summed E-state index contributed by atoms with van der Waals surface area (Å²) in [6.07, 6.45) is 4.07. The Balaban J connectivity index is 1.15. The standard InChI is InChI=1S/C24H28N4O2/c1-18(14-19-6-3-2-4-7-19)15-27-10-12-28(13-11-27)16-22-21-17-29-24-20(8-5-9-25-24)23(21)26-30-22/h2-9,14,22,26H,10-13,15-17H2,1H3. The van der Waals surface area contributed by atoms with E-state index in [0.29, 0.717) is 12.5 Å². The van der Waals surface area contributed by atoms with Crippen LogP contribution in [0.3, 0.4) is 0 Å². The first-order chi connectivity index (χ1) is 14.8. The lowest BCUT2D eigenvalue weighted by atomic mass is 10.0. The van der Waals surface area contributed by atoms with E-state index in [9.17, 15) is 0 Å². The van der Waals surface area contributed by atoms with Gasteiger partial charge in [0.2, 0.25) is 5.88 Å². The zero-order valence-electron chi connectivity index (χ0n) is 17.4. The summed E-state index contributed by atoms with van der Waals surface area (Å²) >= 11 is 0. The van der Waals surface area contributed by atoms with Crippen LogP contribution in [0.1, 0.15) is 18.1 Å². The molecule has 6 nitrogen and oxygen atoms in total. The molecule has 1 atom stereocenters. The minimum Gasteiger partial charge on any atom is -0.472 e. The fourth-order valence-corrected chi connectivity index (χ4v) is 4.41. The predicted octanol–water partition coefficient (Wildman–Crippen LogP) is 2.81. The number of nitrogens with zero attached hydrogens (tertiary/aromatic N) is 3. The molecule has 1 aromatic carbocycles. The van der Waals surface area contributed by atoms with Gasteiger partial charge in [-0.25, -0.2) is 4.98 Å². The van der Waals surface area contributed by atoms with Crippen molar-refractivity contribution in [3.8, 4) is 5.88 Å². The van der Waals surface area contributed by atoms with E-state index >= 15 is 0 Å². The van der Waals surface area contributed by atoms with E-state index in [1.165, 1.54) is 16.7 Å². The highest BCUT2D eigenvalue weighted by atomic mass is 16.7. The number of rotatable bonds is 5. The highest BCUT2D eigenvalue weighted by Crippen LogP contribution is 2.35. The van der Waals surface area contributed by atoms with Gasteiger partial charge in [0.05, 0.1) is 11.3 Å². The monoisotopic (exact) mass is 404 g/mol. The van der Waals surface area contributed by atoms with E-state index in [1.807, 2.05) is 12.1 Å². The van der Waals surface area contributed by atoms with Crippen molar-refractivity contribution in [1.82, 2.24) is 20.3 Å². The maximum atomic E-state index is 5.92. The third kappa shape index (κ3) is 4.12. The molecule has 6 heteroatoms. The van der Waals surface area contributed by atoms with Crippen LogP contribution in [0.15, 0.2) is 59.8 Å². The molecule has 3 aliphatic heterocycles. The van der Waals surface area contributed by atoms with Gasteiger partial charge in [0.1, 0.15) is 12.7 Å². The SMILES string of the molecule is CC(=Cc1ccccc1)CN1CCN(CC2ONC3=C2COc2ncccc23)CC1. The fourth-order valence-electron chi connectivity index (χ4n) is 4.41. The largest absolute Gasteiger partial charge is 0.472 e. The van der Waals surface area contributed by atoms with Gasteiger partial charge in [0.15, 0.2) is 0 Å². The highest BCUT2D eigenvalue weighted by molar-refractivity contribution is 5.73. The van der Waals surface area contributed by atoms with Crippen LogP contribution in [0.5, 0.6) is 5.88 Å². The van der Waals surface area contributed by atoms with E-state index < -0.39 is 0 Å². The van der Waals surface area contributed by atoms with Crippen molar-refractivity contribution in [3.63, 3.8) is 0 Å². The molecule has 1 saturated heterocycles. The van der Waals surface area contributed by atoms with Crippen LogP contribution in [0, 0.1) is 0 Å². The van der Waals surface area contributed by atoms with Crippen molar-refractivity contribution in [2.75, 3.05) is 45.9 Å². The van der Waals surface area contributed by atoms with Crippen LogP contribution < -0.4 is 10.2 Å². The lowest BCUT2D eigenvalue weighted by molar-refractivity contribution is 0.0117. The molecule has 1 fully saturated rings. The zero-order chi connectivity index (χ0) is 20.3. The summed E-state index contributed by atoms with van der Waals surface area (Å²) in [5.74, 6) is 0.681. The van der Waals surface area contributed by atoms with Gasteiger partial charge in [-0.05, 0) is 24.6 Å². The minimum atomic E-state index is 0.0274. The molecule has 156 valence electrons. The fraction of sp³-hybridized carbons (Fsp3) is 0.375. The van der Waals surface area contributed by atoms with E-state index in [-0.39, 0.29) is 6.10 Å². The number of hydroxylamine groups is 1. The Bertz CT molecular complexity index is 949. The molecule has 1 N–H and O–H groups in total. The topological polar surface area (TPSA) is 49.9 Å². The summed E-state index contributed by atoms with van der Waals surface area (Å²) < 4.78 is 5.84. The summed E-state index contributed by atoms with van der Waals surface area (Å²) in [7, 11) is 0. The summed E-state index contributed by atoms with van der Waals surface area (Å²) in [6, 6.07) is 14.5. The number of pyridine rings is 1. The average molecular weight is 405 g/mol. The van der Waals surface area contributed by atoms with E-state index in [1.54, 1.807) is 6.20 Å². The molecule has 4 heterocycles. The maximum Gasteiger partial charge on any atom is 0.223 e. The summed E-state index contributed by atoms with van der Waals surface area (Å²) in [6.45, 7) is 8.95.